The van der Waals surface area contributed by atoms with Gasteiger partial charge in [0.25, 0.3) is 0 Å². The standard InChI is InChI=1S/C18H15N5S/c1-13-11-23(22-21-13)16-9-7-14(8-10-16)17-12-24-18(20-17)19-15-5-3-2-4-6-15/h2-12H,1H3,(H,19,20). The van der Waals surface area contributed by atoms with Crippen molar-refractivity contribution in [1.29, 1.82) is 0 Å². The number of hydrogen-bond donors (Lipinski definition) is 1. The number of nitrogens with one attached hydrogen (secondary N) is 1. The molecule has 0 unspecified atom stereocenters. The molecule has 0 radical (unpaired) electrons. The first-order valence-corrected chi connectivity index (χ1v) is 8.43. The van der Waals surface area contributed by atoms with Crippen LogP contribution in [0, 0.1) is 6.92 Å². The molecule has 6 heteroatoms. The van der Waals surface area contributed by atoms with Gasteiger partial charge in [-0.05, 0) is 31.2 Å². The predicted octanol–water partition coefficient (Wildman–Crippen LogP) is 4.44. The second-order valence-electron chi connectivity index (χ2n) is 5.38. The van der Waals surface area contributed by atoms with Crippen molar-refractivity contribution in [3.63, 3.8) is 0 Å². The normalized spacial score (nSPS) is 10.7. The third-order valence-corrected chi connectivity index (χ3v) is 4.32. The molecule has 4 aromatic rings. The highest BCUT2D eigenvalue weighted by Crippen LogP contribution is 2.27. The van der Waals surface area contributed by atoms with Crippen molar-refractivity contribution in [2.45, 2.75) is 6.92 Å². The minimum absolute atomic E-state index is 0.882. The molecule has 0 atom stereocenters. The smallest absolute Gasteiger partial charge is 0.187 e. The van der Waals surface area contributed by atoms with E-state index in [-0.39, 0.29) is 0 Å². The van der Waals surface area contributed by atoms with Gasteiger partial charge in [0.1, 0.15) is 0 Å². The largest absolute Gasteiger partial charge is 0.332 e. The second kappa shape index (κ2) is 6.25. The van der Waals surface area contributed by atoms with Gasteiger partial charge in [-0.2, -0.15) is 0 Å². The van der Waals surface area contributed by atoms with Crippen LogP contribution in [0.4, 0.5) is 10.8 Å². The molecule has 4 rings (SSSR count). The number of aromatic nitrogens is 4. The molecule has 5 nitrogen and oxygen atoms in total. The number of thiazole rings is 1. The highest BCUT2D eigenvalue weighted by atomic mass is 32.1. The van der Waals surface area contributed by atoms with Gasteiger partial charge < -0.3 is 5.32 Å². The van der Waals surface area contributed by atoms with E-state index in [9.17, 15) is 0 Å². The van der Waals surface area contributed by atoms with Gasteiger partial charge in [-0.3, -0.25) is 0 Å². The van der Waals surface area contributed by atoms with Gasteiger partial charge in [0.05, 0.1) is 23.3 Å². The number of hydrogen-bond acceptors (Lipinski definition) is 5. The molecule has 0 amide bonds. The van der Waals surface area contributed by atoms with E-state index < -0.39 is 0 Å². The van der Waals surface area contributed by atoms with Crippen LogP contribution < -0.4 is 5.32 Å². The van der Waals surface area contributed by atoms with Crippen LogP contribution in [0.1, 0.15) is 5.69 Å². The van der Waals surface area contributed by atoms with E-state index in [4.69, 9.17) is 0 Å². The number of anilines is 2. The van der Waals surface area contributed by atoms with E-state index in [2.05, 4.69) is 26.0 Å². The molecule has 2 aromatic carbocycles. The van der Waals surface area contributed by atoms with Crippen LogP contribution >= 0.6 is 11.3 Å². The molecular weight excluding hydrogens is 318 g/mol. The molecule has 0 aliphatic carbocycles. The third kappa shape index (κ3) is 3.04. The van der Waals surface area contributed by atoms with Crippen molar-refractivity contribution in [3.8, 4) is 16.9 Å². The summed E-state index contributed by atoms with van der Waals surface area (Å²) in [5.74, 6) is 0. The summed E-state index contributed by atoms with van der Waals surface area (Å²) in [6.07, 6.45) is 1.90. The third-order valence-electron chi connectivity index (χ3n) is 3.56. The first-order valence-electron chi connectivity index (χ1n) is 7.55. The van der Waals surface area contributed by atoms with Crippen LogP contribution in [-0.4, -0.2) is 20.0 Å². The first kappa shape index (κ1) is 14.6. The van der Waals surface area contributed by atoms with Gasteiger partial charge in [0.2, 0.25) is 0 Å². The summed E-state index contributed by atoms with van der Waals surface area (Å²) in [6, 6.07) is 18.2. The quantitative estimate of drug-likeness (QED) is 0.600. The monoisotopic (exact) mass is 333 g/mol. The first-order chi connectivity index (χ1) is 11.8. The lowest BCUT2D eigenvalue weighted by Crippen LogP contribution is -1.94. The van der Waals surface area contributed by atoms with Crippen LogP contribution in [0.25, 0.3) is 16.9 Å². The van der Waals surface area contributed by atoms with Crippen LogP contribution in [0.2, 0.25) is 0 Å². The molecule has 1 N–H and O–H groups in total. The van der Waals surface area contributed by atoms with Crippen molar-refractivity contribution in [2.75, 3.05) is 5.32 Å². The number of aryl methyl sites for hydroxylation is 1. The Bertz CT molecular complexity index is 941. The van der Waals surface area contributed by atoms with E-state index >= 15 is 0 Å². The van der Waals surface area contributed by atoms with E-state index in [0.29, 0.717) is 0 Å². The molecule has 0 saturated heterocycles. The zero-order valence-corrected chi connectivity index (χ0v) is 13.9. The number of nitrogens with zero attached hydrogens (tertiary/aromatic N) is 4. The molecule has 0 saturated carbocycles. The average molecular weight is 333 g/mol. The highest BCUT2D eigenvalue weighted by molar-refractivity contribution is 7.14. The van der Waals surface area contributed by atoms with E-state index in [1.165, 1.54) is 0 Å². The maximum atomic E-state index is 4.65. The predicted molar refractivity (Wildman–Crippen MR) is 96.9 cm³/mol. The minimum Gasteiger partial charge on any atom is -0.332 e. The Balaban J connectivity index is 1.54. The summed E-state index contributed by atoms with van der Waals surface area (Å²) < 4.78 is 1.77. The lowest BCUT2D eigenvalue weighted by molar-refractivity contribution is 0.801. The van der Waals surface area contributed by atoms with Crippen molar-refractivity contribution in [1.82, 2.24) is 20.0 Å². The second-order valence-corrected chi connectivity index (χ2v) is 6.24. The summed E-state index contributed by atoms with van der Waals surface area (Å²) in [7, 11) is 0. The fourth-order valence-electron chi connectivity index (χ4n) is 2.37. The summed E-state index contributed by atoms with van der Waals surface area (Å²) >= 11 is 1.59. The van der Waals surface area contributed by atoms with Crippen LogP contribution in [0.15, 0.2) is 66.2 Å². The summed E-state index contributed by atoms with van der Waals surface area (Å²) in [5, 5.41) is 14.3. The van der Waals surface area contributed by atoms with Gasteiger partial charge in [-0.15, -0.1) is 16.4 Å². The maximum Gasteiger partial charge on any atom is 0.187 e. The topological polar surface area (TPSA) is 55.6 Å². The van der Waals surface area contributed by atoms with E-state index in [1.54, 1.807) is 16.0 Å². The summed E-state index contributed by atoms with van der Waals surface area (Å²) in [4.78, 5) is 4.65. The van der Waals surface area contributed by atoms with Crippen molar-refractivity contribution >= 4 is 22.2 Å². The van der Waals surface area contributed by atoms with Crippen LogP contribution in [0.5, 0.6) is 0 Å². The van der Waals surface area contributed by atoms with Crippen molar-refractivity contribution in [2.24, 2.45) is 0 Å². The Morgan fingerprint density at radius 3 is 2.50 bits per heavy atom. The van der Waals surface area contributed by atoms with Gasteiger partial charge >= 0.3 is 0 Å². The molecule has 0 aliphatic rings. The number of benzene rings is 2. The van der Waals surface area contributed by atoms with Gasteiger partial charge in [-0.25, -0.2) is 9.67 Å². The molecule has 0 aliphatic heterocycles. The van der Waals surface area contributed by atoms with E-state index in [0.717, 1.165) is 33.5 Å². The van der Waals surface area contributed by atoms with Gasteiger partial charge in [-0.1, -0.05) is 35.5 Å². The SMILES string of the molecule is Cc1cn(-c2ccc(-c3csc(Nc4ccccc4)n3)cc2)nn1. The molecule has 2 aromatic heterocycles. The van der Waals surface area contributed by atoms with E-state index in [1.807, 2.05) is 67.7 Å². The molecule has 0 spiro atoms. The fourth-order valence-corrected chi connectivity index (χ4v) is 3.11. The Hall–Kier alpha value is -2.99. The minimum atomic E-state index is 0.882. The van der Waals surface area contributed by atoms with Crippen molar-refractivity contribution < 1.29 is 0 Å². The average Bonchev–Trinajstić information content (AvgIpc) is 3.25. The molecule has 118 valence electrons. The maximum absolute atomic E-state index is 4.65. The lowest BCUT2D eigenvalue weighted by atomic mass is 10.1. The summed E-state index contributed by atoms with van der Waals surface area (Å²) in [5.41, 5.74) is 4.95. The molecule has 24 heavy (non-hydrogen) atoms. The Morgan fingerprint density at radius 2 is 1.79 bits per heavy atom. The number of para-hydroxylation sites is 1. The zero-order chi connectivity index (χ0) is 16.4. The zero-order valence-electron chi connectivity index (χ0n) is 13.0. The van der Waals surface area contributed by atoms with Gasteiger partial charge in [0.15, 0.2) is 5.13 Å². The fraction of sp³-hybridized carbons (Fsp3) is 0.0556. The Morgan fingerprint density at radius 1 is 1.00 bits per heavy atom. The lowest BCUT2D eigenvalue weighted by Gasteiger charge is -2.02. The Labute approximate surface area is 143 Å². The molecule has 2 heterocycles. The van der Waals surface area contributed by atoms with Crippen molar-refractivity contribution in [3.05, 3.63) is 71.9 Å². The summed E-state index contributed by atoms with van der Waals surface area (Å²) in [6.45, 7) is 1.93. The van der Waals surface area contributed by atoms with Gasteiger partial charge in [0, 0.05) is 16.6 Å². The Kier molecular flexibility index (Phi) is 3.80. The molecule has 0 fully saturated rings. The van der Waals surface area contributed by atoms with Crippen LogP contribution in [-0.2, 0) is 0 Å². The molecular formula is C18H15N5S. The number of rotatable bonds is 4. The highest BCUT2D eigenvalue weighted by Gasteiger charge is 2.06. The van der Waals surface area contributed by atoms with Crippen LogP contribution in [0.3, 0.4) is 0 Å². The molecule has 0 bridgehead atoms.